The van der Waals surface area contributed by atoms with Gasteiger partial charge in [-0.1, -0.05) is 6.07 Å². The molecule has 0 spiro atoms. The molecule has 1 aliphatic heterocycles. The van der Waals surface area contributed by atoms with Crippen LogP contribution in [0.2, 0.25) is 0 Å². The number of rotatable bonds is 1. The zero-order chi connectivity index (χ0) is 10.5. The Bertz CT molecular complexity index is 362. The average Bonchev–Trinajstić information content (AvgIpc) is 2.58. The molecule has 0 bridgehead atoms. The van der Waals surface area contributed by atoms with Crippen LogP contribution in [-0.2, 0) is 4.74 Å². The van der Waals surface area contributed by atoms with Crippen molar-refractivity contribution in [3.63, 3.8) is 0 Å². The van der Waals surface area contributed by atoms with Gasteiger partial charge < -0.3 is 9.64 Å². The highest BCUT2D eigenvalue weighted by molar-refractivity contribution is 5.51. The molecule has 0 aromatic heterocycles. The lowest BCUT2D eigenvalue weighted by Gasteiger charge is -2.21. The average molecular weight is 202 g/mol. The second-order valence-electron chi connectivity index (χ2n) is 3.62. The predicted octanol–water partition coefficient (Wildman–Crippen LogP) is 1.78. The van der Waals surface area contributed by atoms with Crippen molar-refractivity contribution in [2.75, 3.05) is 31.2 Å². The number of benzene rings is 1. The van der Waals surface area contributed by atoms with E-state index in [0.29, 0.717) is 0 Å². The van der Waals surface area contributed by atoms with E-state index in [2.05, 4.69) is 11.0 Å². The second-order valence-corrected chi connectivity index (χ2v) is 3.62. The smallest absolute Gasteiger partial charge is 0.0992 e. The van der Waals surface area contributed by atoms with Gasteiger partial charge in [0.05, 0.1) is 18.2 Å². The Kier molecular flexibility index (Phi) is 3.21. The van der Waals surface area contributed by atoms with Gasteiger partial charge in [0.25, 0.3) is 0 Å². The zero-order valence-corrected chi connectivity index (χ0v) is 8.65. The fourth-order valence-corrected chi connectivity index (χ4v) is 1.78. The number of hydrogen-bond acceptors (Lipinski definition) is 3. The van der Waals surface area contributed by atoms with Gasteiger partial charge in [0.15, 0.2) is 0 Å². The zero-order valence-electron chi connectivity index (χ0n) is 8.65. The summed E-state index contributed by atoms with van der Waals surface area (Å²) in [5.41, 5.74) is 1.84. The van der Waals surface area contributed by atoms with Crippen molar-refractivity contribution in [1.82, 2.24) is 0 Å². The van der Waals surface area contributed by atoms with Gasteiger partial charge in [0.2, 0.25) is 0 Å². The molecule has 2 rings (SSSR count). The number of nitrogens with zero attached hydrogens (tertiary/aromatic N) is 2. The Morgan fingerprint density at radius 3 is 3.07 bits per heavy atom. The summed E-state index contributed by atoms with van der Waals surface area (Å²) < 4.78 is 5.40. The maximum absolute atomic E-state index is 8.82. The van der Waals surface area contributed by atoms with Gasteiger partial charge in [-0.15, -0.1) is 0 Å². The maximum Gasteiger partial charge on any atom is 0.0992 e. The normalized spacial score (nSPS) is 16.9. The third-order valence-corrected chi connectivity index (χ3v) is 2.56. The Hall–Kier alpha value is -1.53. The minimum Gasteiger partial charge on any atom is -0.380 e. The molecule has 0 amide bonds. The Labute approximate surface area is 89.9 Å². The summed E-state index contributed by atoms with van der Waals surface area (Å²) >= 11 is 0. The molecule has 0 aliphatic carbocycles. The van der Waals surface area contributed by atoms with E-state index in [1.54, 1.807) is 0 Å². The summed E-state index contributed by atoms with van der Waals surface area (Å²) in [6, 6.07) is 9.91. The van der Waals surface area contributed by atoms with Crippen molar-refractivity contribution in [2.24, 2.45) is 0 Å². The third kappa shape index (κ3) is 2.48. The van der Waals surface area contributed by atoms with Crippen LogP contribution in [0, 0.1) is 11.3 Å². The van der Waals surface area contributed by atoms with Crippen molar-refractivity contribution in [3.05, 3.63) is 29.8 Å². The van der Waals surface area contributed by atoms with E-state index in [4.69, 9.17) is 10.00 Å². The molecule has 1 aromatic rings. The van der Waals surface area contributed by atoms with Crippen LogP contribution in [0.5, 0.6) is 0 Å². The SMILES string of the molecule is N#Cc1cccc(N2CCCOCC2)c1. The Morgan fingerprint density at radius 1 is 1.27 bits per heavy atom. The summed E-state index contributed by atoms with van der Waals surface area (Å²) in [6.45, 7) is 3.54. The van der Waals surface area contributed by atoms with Crippen LogP contribution >= 0.6 is 0 Å². The number of nitriles is 1. The summed E-state index contributed by atoms with van der Waals surface area (Å²) in [6.07, 6.45) is 1.05. The van der Waals surface area contributed by atoms with Crippen LogP contribution in [0.3, 0.4) is 0 Å². The second kappa shape index (κ2) is 4.81. The van der Waals surface area contributed by atoms with Crippen molar-refractivity contribution >= 4 is 5.69 Å². The summed E-state index contributed by atoms with van der Waals surface area (Å²) in [7, 11) is 0. The first kappa shape index (κ1) is 10.0. The highest BCUT2D eigenvalue weighted by Crippen LogP contribution is 2.17. The molecule has 0 atom stereocenters. The van der Waals surface area contributed by atoms with Crippen molar-refractivity contribution < 1.29 is 4.74 Å². The van der Waals surface area contributed by atoms with Crippen molar-refractivity contribution in [1.29, 1.82) is 5.26 Å². The van der Waals surface area contributed by atoms with E-state index in [-0.39, 0.29) is 0 Å². The molecular weight excluding hydrogens is 188 g/mol. The Morgan fingerprint density at radius 2 is 2.20 bits per heavy atom. The van der Waals surface area contributed by atoms with Crippen LogP contribution < -0.4 is 4.90 Å². The number of anilines is 1. The van der Waals surface area contributed by atoms with Gasteiger partial charge in [-0.25, -0.2) is 0 Å². The van der Waals surface area contributed by atoms with Crippen LogP contribution in [0.1, 0.15) is 12.0 Å². The van der Waals surface area contributed by atoms with Crippen molar-refractivity contribution in [2.45, 2.75) is 6.42 Å². The van der Waals surface area contributed by atoms with Gasteiger partial charge in [-0.2, -0.15) is 5.26 Å². The minimum atomic E-state index is 0.720. The first-order chi connectivity index (χ1) is 7.40. The lowest BCUT2D eigenvalue weighted by Crippen LogP contribution is -2.25. The molecule has 0 saturated carbocycles. The topological polar surface area (TPSA) is 36.3 Å². The quantitative estimate of drug-likeness (QED) is 0.696. The first-order valence-corrected chi connectivity index (χ1v) is 5.23. The van der Waals surface area contributed by atoms with Gasteiger partial charge in [0, 0.05) is 25.4 Å². The standard InChI is InChI=1S/C12H14N2O/c13-10-11-3-1-4-12(9-11)14-5-2-7-15-8-6-14/h1,3-4,9H,2,5-8H2. The first-order valence-electron chi connectivity index (χ1n) is 5.23. The predicted molar refractivity (Wildman–Crippen MR) is 58.8 cm³/mol. The fraction of sp³-hybridized carbons (Fsp3) is 0.417. The summed E-state index contributed by atoms with van der Waals surface area (Å²) in [5.74, 6) is 0. The fourth-order valence-electron chi connectivity index (χ4n) is 1.78. The van der Waals surface area contributed by atoms with E-state index >= 15 is 0 Å². The van der Waals surface area contributed by atoms with Gasteiger partial charge >= 0.3 is 0 Å². The molecule has 78 valence electrons. The van der Waals surface area contributed by atoms with Gasteiger partial charge in [-0.3, -0.25) is 0 Å². The summed E-state index contributed by atoms with van der Waals surface area (Å²) in [4.78, 5) is 2.27. The molecular formula is C12H14N2O. The molecule has 1 saturated heterocycles. The molecule has 3 nitrogen and oxygen atoms in total. The number of ether oxygens (including phenoxy) is 1. The van der Waals surface area contributed by atoms with E-state index in [1.807, 2.05) is 24.3 Å². The molecule has 3 heteroatoms. The lowest BCUT2D eigenvalue weighted by molar-refractivity contribution is 0.152. The highest BCUT2D eigenvalue weighted by atomic mass is 16.5. The molecule has 1 heterocycles. The maximum atomic E-state index is 8.82. The van der Waals surface area contributed by atoms with Crippen molar-refractivity contribution in [3.8, 4) is 6.07 Å². The van der Waals surface area contributed by atoms with Crippen LogP contribution in [0.15, 0.2) is 24.3 Å². The monoisotopic (exact) mass is 202 g/mol. The molecule has 0 N–H and O–H groups in total. The van der Waals surface area contributed by atoms with Crippen LogP contribution in [0.4, 0.5) is 5.69 Å². The van der Waals surface area contributed by atoms with Crippen LogP contribution in [0.25, 0.3) is 0 Å². The molecule has 15 heavy (non-hydrogen) atoms. The van der Waals surface area contributed by atoms with E-state index < -0.39 is 0 Å². The van der Waals surface area contributed by atoms with Gasteiger partial charge in [0.1, 0.15) is 0 Å². The highest BCUT2D eigenvalue weighted by Gasteiger charge is 2.09. The van der Waals surface area contributed by atoms with E-state index in [0.717, 1.165) is 44.0 Å². The molecule has 1 aliphatic rings. The van der Waals surface area contributed by atoms with E-state index in [1.165, 1.54) is 0 Å². The Balaban J connectivity index is 2.16. The molecule has 0 radical (unpaired) electrons. The lowest BCUT2D eigenvalue weighted by atomic mass is 10.2. The van der Waals surface area contributed by atoms with E-state index in [9.17, 15) is 0 Å². The van der Waals surface area contributed by atoms with Crippen LogP contribution in [-0.4, -0.2) is 26.3 Å². The van der Waals surface area contributed by atoms with Gasteiger partial charge in [-0.05, 0) is 24.6 Å². The molecule has 0 unspecified atom stereocenters. The number of hydrogen-bond donors (Lipinski definition) is 0. The molecule has 1 aromatic carbocycles. The third-order valence-electron chi connectivity index (χ3n) is 2.56. The molecule has 1 fully saturated rings. The largest absolute Gasteiger partial charge is 0.380 e. The minimum absolute atomic E-state index is 0.720. The summed E-state index contributed by atoms with van der Waals surface area (Å²) in [5, 5.41) is 8.82.